The summed E-state index contributed by atoms with van der Waals surface area (Å²) in [6.07, 6.45) is 0. The van der Waals surface area contributed by atoms with Gasteiger partial charge in [-0.1, -0.05) is 23.7 Å². The topological polar surface area (TPSA) is 121 Å². The fourth-order valence-electron chi connectivity index (χ4n) is 2.96. The van der Waals surface area contributed by atoms with Gasteiger partial charge in [-0.3, -0.25) is 14.9 Å². The Labute approximate surface area is 186 Å². The van der Waals surface area contributed by atoms with E-state index >= 15 is 0 Å². The zero-order chi connectivity index (χ0) is 22.7. The van der Waals surface area contributed by atoms with Crippen LogP contribution in [0.5, 0.6) is 11.5 Å². The van der Waals surface area contributed by atoms with Crippen molar-refractivity contribution in [3.8, 4) is 17.2 Å². The second-order valence-electron chi connectivity index (χ2n) is 6.57. The zero-order valence-electron chi connectivity index (χ0n) is 16.7. The summed E-state index contributed by atoms with van der Waals surface area (Å²) in [5.41, 5.74) is 2.08. The number of fused-ring (bicyclic) bond motifs is 1. The molecule has 0 aliphatic rings. The number of ether oxygens (including phenoxy) is 2. The van der Waals surface area contributed by atoms with E-state index in [1.165, 1.54) is 30.1 Å². The Morgan fingerprint density at radius 3 is 2.62 bits per heavy atom. The van der Waals surface area contributed by atoms with Gasteiger partial charge in [0.15, 0.2) is 12.4 Å². The van der Waals surface area contributed by atoms with E-state index in [-0.39, 0.29) is 18.0 Å². The predicted octanol–water partition coefficient (Wildman–Crippen LogP) is 4.01. The molecule has 1 aromatic heterocycles. The largest absolute Gasteiger partial charge is 0.495 e. The molecule has 0 atom stereocenters. The highest BCUT2D eigenvalue weighted by Crippen LogP contribution is 2.27. The molecule has 1 amide bonds. The van der Waals surface area contributed by atoms with Crippen LogP contribution in [-0.2, 0) is 4.79 Å². The molecule has 4 rings (SSSR count). The maximum atomic E-state index is 12.3. The number of nitro benzene ring substituents is 1. The number of benzene rings is 3. The van der Waals surface area contributed by atoms with Gasteiger partial charge in [0.25, 0.3) is 5.91 Å². The highest BCUT2D eigenvalue weighted by atomic mass is 35.5. The highest BCUT2D eigenvalue weighted by molar-refractivity contribution is 6.32. The molecule has 11 heteroatoms. The van der Waals surface area contributed by atoms with Crippen LogP contribution in [0, 0.1) is 10.1 Å². The average molecular weight is 454 g/mol. The molecule has 162 valence electrons. The molecule has 0 spiro atoms. The van der Waals surface area contributed by atoms with Crippen molar-refractivity contribution >= 4 is 39.9 Å². The van der Waals surface area contributed by atoms with Crippen molar-refractivity contribution in [2.45, 2.75) is 0 Å². The van der Waals surface area contributed by atoms with E-state index in [1.807, 2.05) is 0 Å². The number of amides is 1. The fourth-order valence-corrected chi connectivity index (χ4v) is 3.21. The van der Waals surface area contributed by atoms with Gasteiger partial charge in [-0.05, 0) is 42.5 Å². The van der Waals surface area contributed by atoms with Gasteiger partial charge in [0.2, 0.25) is 0 Å². The standard InChI is InChI=1S/C21H16ClN5O5/c1-31-19-9-7-14(11-15(19)22)26-24-16-8-6-13(10-17(16)25-26)23-21(28)12-32-20-5-3-2-4-18(20)27(29)30/h2-11H,12H2,1H3,(H,23,28). The summed E-state index contributed by atoms with van der Waals surface area (Å²) < 4.78 is 10.5. The minimum atomic E-state index is -0.569. The van der Waals surface area contributed by atoms with Gasteiger partial charge in [-0.15, -0.1) is 10.2 Å². The minimum absolute atomic E-state index is 0.0178. The minimum Gasteiger partial charge on any atom is -0.495 e. The number of aromatic nitrogens is 3. The van der Waals surface area contributed by atoms with Gasteiger partial charge in [0.05, 0.1) is 22.7 Å². The number of carbonyl (C=O) groups excluding carboxylic acids is 1. The van der Waals surface area contributed by atoms with Crippen LogP contribution in [-0.4, -0.2) is 39.5 Å². The lowest BCUT2D eigenvalue weighted by atomic mass is 10.2. The summed E-state index contributed by atoms with van der Waals surface area (Å²) in [6, 6.07) is 16.1. The number of hydrogen-bond donors (Lipinski definition) is 1. The lowest BCUT2D eigenvalue weighted by Crippen LogP contribution is -2.20. The first kappa shape index (κ1) is 21.1. The quantitative estimate of drug-likeness (QED) is 0.331. The molecule has 0 radical (unpaired) electrons. The van der Waals surface area contributed by atoms with Crippen molar-refractivity contribution in [3.05, 3.63) is 75.8 Å². The smallest absolute Gasteiger partial charge is 0.310 e. The van der Waals surface area contributed by atoms with Crippen LogP contribution in [0.3, 0.4) is 0 Å². The van der Waals surface area contributed by atoms with E-state index in [4.69, 9.17) is 21.1 Å². The van der Waals surface area contributed by atoms with E-state index in [0.717, 1.165) is 0 Å². The van der Waals surface area contributed by atoms with Crippen molar-refractivity contribution in [1.29, 1.82) is 0 Å². The molecular formula is C21H16ClN5O5. The van der Waals surface area contributed by atoms with Gasteiger partial charge in [0, 0.05) is 11.8 Å². The third kappa shape index (κ3) is 4.44. The van der Waals surface area contributed by atoms with Crippen LogP contribution < -0.4 is 14.8 Å². The first-order valence-corrected chi connectivity index (χ1v) is 9.69. The molecule has 10 nitrogen and oxygen atoms in total. The maximum absolute atomic E-state index is 12.3. The average Bonchev–Trinajstić information content (AvgIpc) is 3.21. The molecule has 4 aromatic rings. The number of nitro groups is 1. The normalized spacial score (nSPS) is 10.7. The first-order valence-electron chi connectivity index (χ1n) is 9.31. The van der Waals surface area contributed by atoms with Gasteiger partial charge in [0.1, 0.15) is 16.8 Å². The molecule has 0 fully saturated rings. The summed E-state index contributed by atoms with van der Waals surface area (Å²) in [5, 5.41) is 23.0. The number of nitrogens with one attached hydrogen (secondary N) is 1. The predicted molar refractivity (Wildman–Crippen MR) is 118 cm³/mol. The number of nitrogens with zero attached hydrogens (tertiary/aromatic N) is 4. The molecule has 1 N–H and O–H groups in total. The summed E-state index contributed by atoms with van der Waals surface area (Å²) >= 11 is 6.17. The molecule has 0 aliphatic carbocycles. The number of rotatable bonds is 7. The van der Waals surface area contributed by atoms with Crippen molar-refractivity contribution in [2.24, 2.45) is 0 Å². The van der Waals surface area contributed by atoms with Crippen molar-refractivity contribution < 1.29 is 19.2 Å². The molecular weight excluding hydrogens is 438 g/mol. The van der Waals surface area contributed by atoms with Gasteiger partial charge < -0.3 is 14.8 Å². The monoisotopic (exact) mass is 453 g/mol. The number of anilines is 1. The second-order valence-corrected chi connectivity index (χ2v) is 6.98. The van der Waals surface area contributed by atoms with Crippen LogP contribution in [0.2, 0.25) is 5.02 Å². The van der Waals surface area contributed by atoms with E-state index < -0.39 is 10.8 Å². The first-order chi connectivity index (χ1) is 15.4. The summed E-state index contributed by atoms with van der Waals surface area (Å²) in [7, 11) is 1.53. The Kier molecular flexibility index (Phi) is 5.86. The Balaban J connectivity index is 1.47. The molecule has 0 saturated heterocycles. The maximum Gasteiger partial charge on any atom is 0.310 e. The molecule has 0 saturated carbocycles. The number of para-hydroxylation sites is 2. The van der Waals surface area contributed by atoms with Crippen LogP contribution in [0.4, 0.5) is 11.4 Å². The van der Waals surface area contributed by atoms with E-state index in [2.05, 4.69) is 15.5 Å². The number of hydrogen-bond acceptors (Lipinski definition) is 7. The summed E-state index contributed by atoms with van der Waals surface area (Å²) in [5.74, 6) is 0.0845. The molecule has 0 unspecified atom stereocenters. The van der Waals surface area contributed by atoms with E-state index in [9.17, 15) is 14.9 Å². The fraction of sp³-hybridized carbons (Fsp3) is 0.0952. The lowest BCUT2D eigenvalue weighted by molar-refractivity contribution is -0.385. The van der Waals surface area contributed by atoms with Crippen molar-refractivity contribution in [3.63, 3.8) is 0 Å². The molecule has 32 heavy (non-hydrogen) atoms. The van der Waals surface area contributed by atoms with Gasteiger partial charge in [-0.2, -0.15) is 4.80 Å². The van der Waals surface area contributed by atoms with Gasteiger partial charge >= 0.3 is 5.69 Å². The number of halogens is 1. The third-order valence-corrected chi connectivity index (χ3v) is 4.75. The Morgan fingerprint density at radius 2 is 1.88 bits per heavy atom. The highest BCUT2D eigenvalue weighted by Gasteiger charge is 2.15. The molecule has 1 heterocycles. The lowest BCUT2D eigenvalue weighted by Gasteiger charge is -2.07. The molecule has 3 aromatic carbocycles. The molecule has 0 bridgehead atoms. The van der Waals surface area contributed by atoms with Crippen molar-refractivity contribution in [1.82, 2.24) is 15.0 Å². The third-order valence-electron chi connectivity index (χ3n) is 4.45. The number of carbonyl (C=O) groups is 1. The summed E-state index contributed by atoms with van der Waals surface area (Å²) in [6.45, 7) is -0.389. The second kappa shape index (κ2) is 8.90. The zero-order valence-corrected chi connectivity index (χ0v) is 17.4. The number of methoxy groups -OCH3 is 1. The summed E-state index contributed by atoms with van der Waals surface area (Å²) in [4.78, 5) is 24.1. The Bertz CT molecular complexity index is 1320. The van der Waals surface area contributed by atoms with Crippen molar-refractivity contribution in [2.75, 3.05) is 19.0 Å². The van der Waals surface area contributed by atoms with E-state index in [1.54, 1.807) is 42.5 Å². The Morgan fingerprint density at radius 1 is 1.09 bits per heavy atom. The van der Waals surface area contributed by atoms with Gasteiger partial charge in [-0.25, -0.2) is 0 Å². The van der Waals surface area contributed by atoms with Crippen LogP contribution in [0.1, 0.15) is 0 Å². The van der Waals surface area contributed by atoms with E-state index in [0.29, 0.717) is 33.2 Å². The van der Waals surface area contributed by atoms with Crippen LogP contribution >= 0.6 is 11.6 Å². The Hall–Kier alpha value is -4.18. The van der Waals surface area contributed by atoms with Crippen LogP contribution in [0.15, 0.2) is 60.7 Å². The SMILES string of the molecule is COc1ccc(-n2nc3ccc(NC(=O)COc4ccccc4[N+](=O)[O-])cc3n2)cc1Cl. The molecule has 0 aliphatic heterocycles. The van der Waals surface area contributed by atoms with Crippen LogP contribution in [0.25, 0.3) is 16.7 Å².